The first-order chi connectivity index (χ1) is 10.8. The van der Waals surface area contributed by atoms with Crippen LogP contribution in [0.15, 0.2) is 54.7 Å². The highest BCUT2D eigenvalue weighted by atomic mass is 16.5. The topological polar surface area (TPSA) is 67.0 Å². The lowest BCUT2D eigenvalue weighted by Gasteiger charge is -2.08. The summed E-state index contributed by atoms with van der Waals surface area (Å²) in [6.07, 6.45) is 2.46. The third-order valence-electron chi connectivity index (χ3n) is 3.34. The Bertz CT molecular complexity index is 753. The maximum absolute atomic E-state index is 12.2. The van der Waals surface area contributed by atoms with Crippen LogP contribution < -0.4 is 10.1 Å². The highest BCUT2D eigenvalue weighted by Crippen LogP contribution is 2.15. The zero-order valence-electron chi connectivity index (χ0n) is 12.1. The lowest BCUT2D eigenvalue weighted by atomic mass is 10.1. The van der Waals surface area contributed by atoms with Gasteiger partial charge in [0.1, 0.15) is 5.75 Å². The number of rotatable bonds is 6. The second-order valence-corrected chi connectivity index (χ2v) is 4.91. The van der Waals surface area contributed by atoms with Crippen LogP contribution in [0.1, 0.15) is 16.8 Å². The number of para-hydroxylation sites is 2. The molecule has 0 unspecified atom stereocenters. The molecule has 0 bridgehead atoms. The number of carbonyl (C=O) groups is 1. The van der Waals surface area contributed by atoms with Gasteiger partial charge in [0.15, 0.2) is 0 Å². The van der Waals surface area contributed by atoms with Gasteiger partial charge in [0.25, 0.3) is 5.91 Å². The molecule has 0 fully saturated rings. The molecule has 5 nitrogen and oxygen atoms in total. The fraction of sp³-hybridized carbons (Fsp3) is 0.176. The molecule has 112 valence electrons. The molecule has 0 saturated heterocycles. The maximum Gasteiger partial charge on any atom is 0.253 e. The predicted octanol–water partition coefficient (Wildman–Crippen LogP) is 2.76. The van der Waals surface area contributed by atoms with E-state index in [-0.39, 0.29) is 5.91 Å². The molecule has 1 aromatic heterocycles. The summed E-state index contributed by atoms with van der Waals surface area (Å²) in [5, 5.41) is 10.7. The third-order valence-corrected chi connectivity index (χ3v) is 3.34. The number of hydrogen-bond acceptors (Lipinski definition) is 3. The molecule has 0 saturated carbocycles. The molecule has 2 N–H and O–H groups in total. The van der Waals surface area contributed by atoms with Crippen LogP contribution in [0.5, 0.6) is 5.75 Å². The lowest BCUT2D eigenvalue weighted by Crippen LogP contribution is -2.25. The van der Waals surface area contributed by atoms with Crippen LogP contribution in [0.2, 0.25) is 0 Å². The minimum Gasteiger partial charge on any atom is -0.494 e. The first kappa shape index (κ1) is 14.1. The SMILES string of the molecule is O=C(NCCCOc1ccccc1)c1cccc2cn[nH]c12. The molecule has 1 amide bonds. The molecule has 5 heteroatoms. The number of nitrogens with one attached hydrogen (secondary N) is 2. The molecule has 1 heterocycles. The monoisotopic (exact) mass is 295 g/mol. The summed E-state index contributed by atoms with van der Waals surface area (Å²) in [5.74, 6) is 0.741. The summed E-state index contributed by atoms with van der Waals surface area (Å²) >= 11 is 0. The van der Waals surface area contributed by atoms with Gasteiger partial charge in [0, 0.05) is 11.9 Å². The summed E-state index contributed by atoms with van der Waals surface area (Å²) in [4.78, 5) is 12.2. The number of amides is 1. The normalized spacial score (nSPS) is 10.5. The van der Waals surface area contributed by atoms with Crippen molar-refractivity contribution in [2.75, 3.05) is 13.2 Å². The molecule has 3 aromatic rings. The predicted molar refractivity (Wildman–Crippen MR) is 85.0 cm³/mol. The van der Waals surface area contributed by atoms with Gasteiger partial charge in [-0.05, 0) is 24.6 Å². The Balaban J connectivity index is 1.48. The number of fused-ring (bicyclic) bond motifs is 1. The average molecular weight is 295 g/mol. The fourth-order valence-corrected chi connectivity index (χ4v) is 2.23. The minimum atomic E-state index is -0.102. The Morgan fingerprint density at radius 2 is 2.00 bits per heavy atom. The lowest BCUT2D eigenvalue weighted by molar-refractivity contribution is 0.0953. The van der Waals surface area contributed by atoms with Gasteiger partial charge in [-0.15, -0.1) is 0 Å². The Morgan fingerprint density at radius 3 is 2.86 bits per heavy atom. The van der Waals surface area contributed by atoms with Gasteiger partial charge in [-0.1, -0.05) is 30.3 Å². The van der Waals surface area contributed by atoms with Gasteiger partial charge in [-0.3, -0.25) is 9.89 Å². The minimum absolute atomic E-state index is 0.102. The van der Waals surface area contributed by atoms with Gasteiger partial charge in [0.05, 0.1) is 23.9 Å². The fourth-order valence-electron chi connectivity index (χ4n) is 2.23. The number of ether oxygens (including phenoxy) is 1. The van der Waals surface area contributed by atoms with E-state index in [2.05, 4.69) is 15.5 Å². The Labute approximate surface area is 128 Å². The second-order valence-electron chi connectivity index (χ2n) is 4.91. The van der Waals surface area contributed by atoms with Crippen molar-refractivity contribution in [2.45, 2.75) is 6.42 Å². The van der Waals surface area contributed by atoms with E-state index >= 15 is 0 Å². The molecule has 0 aliphatic heterocycles. The number of benzene rings is 2. The standard InChI is InChI=1S/C17H17N3O2/c21-17(15-9-4-6-13-12-19-20-16(13)15)18-10-5-11-22-14-7-2-1-3-8-14/h1-4,6-9,12H,5,10-11H2,(H,18,21)(H,19,20). The van der Waals surface area contributed by atoms with Crippen LogP contribution in [0.25, 0.3) is 10.9 Å². The van der Waals surface area contributed by atoms with Crippen molar-refractivity contribution >= 4 is 16.8 Å². The zero-order valence-corrected chi connectivity index (χ0v) is 12.1. The zero-order chi connectivity index (χ0) is 15.2. The van der Waals surface area contributed by atoms with E-state index in [1.54, 1.807) is 12.3 Å². The summed E-state index contributed by atoms with van der Waals surface area (Å²) in [6, 6.07) is 15.2. The quantitative estimate of drug-likeness (QED) is 0.687. The average Bonchev–Trinajstić information content (AvgIpc) is 3.04. The molecule has 0 aliphatic rings. The van der Waals surface area contributed by atoms with Gasteiger partial charge in [0.2, 0.25) is 0 Å². The first-order valence-corrected chi connectivity index (χ1v) is 7.23. The number of carbonyl (C=O) groups excluding carboxylic acids is 1. The molecule has 0 spiro atoms. The molecule has 22 heavy (non-hydrogen) atoms. The van der Waals surface area contributed by atoms with Crippen molar-refractivity contribution in [1.29, 1.82) is 0 Å². The number of aromatic amines is 1. The number of hydrogen-bond donors (Lipinski definition) is 2. The van der Waals surface area contributed by atoms with Crippen molar-refractivity contribution in [1.82, 2.24) is 15.5 Å². The van der Waals surface area contributed by atoms with Crippen molar-refractivity contribution in [2.24, 2.45) is 0 Å². The van der Waals surface area contributed by atoms with Gasteiger partial charge in [-0.2, -0.15) is 5.10 Å². The molecule has 2 aromatic carbocycles. The van der Waals surface area contributed by atoms with E-state index < -0.39 is 0 Å². The van der Waals surface area contributed by atoms with Crippen LogP contribution >= 0.6 is 0 Å². The maximum atomic E-state index is 12.2. The summed E-state index contributed by atoms with van der Waals surface area (Å²) < 4.78 is 5.58. The summed E-state index contributed by atoms with van der Waals surface area (Å²) in [6.45, 7) is 1.13. The van der Waals surface area contributed by atoms with Crippen LogP contribution in [0, 0.1) is 0 Å². The number of aromatic nitrogens is 2. The van der Waals surface area contributed by atoms with Crippen molar-refractivity contribution in [3.63, 3.8) is 0 Å². The molecular formula is C17H17N3O2. The molecule has 0 aliphatic carbocycles. The largest absolute Gasteiger partial charge is 0.494 e. The highest BCUT2D eigenvalue weighted by molar-refractivity contribution is 6.05. The first-order valence-electron chi connectivity index (χ1n) is 7.23. The van der Waals surface area contributed by atoms with Crippen LogP contribution in [-0.4, -0.2) is 29.3 Å². The highest BCUT2D eigenvalue weighted by Gasteiger charge is 2.10. The second kappa shape index (κ2) is 6.76. The number of H-pyrrole nitrogens is 1. The molecule has 0 radical (unpaired) electrons. The Kier molecular flexibility index (Phi) is 4.34. The van der Waals surface area contributed by atoms with Crippen LogP contribution in [0.3, 0.4) is 0 Å². The van der Waals surface area contributed by atoms with E-state index in [0.717, 1.165) is 23.1 Å². The molecule has 3 rings (SSSR count). The molecular weight excluding hydrogens is 278 g/mol. The van der Waals surface area contributed by atoms with E-state index in [1.807, 2.05) is 42.5 Å². The van der Waals surface area contributed by atoms with Gasteiger partial charge in [-0.25, -0.2) is 0 Å². The number of nitrogens with zero attached hydrogens (tertiary/aromatic N) is 1. The van der Waals surface area contributed by atoms with E-state index in [4.69, 9.17) is 4.74 Å². The molecule has 0 atom stereocenters. The summed E-state index contributed by atoms with van der Waals surface area (Å²) in [7, 11) is 0. The van der Waals surface area contributed by atoms with Crippen LogP contribution in [-0.2, 0) is 0 Å². The van der Waals surface area contributed by atoms with Gasteiger partial charge >= 0.3 is 0 Å². The van der Waals surface area contributed by atoms with Crippen molar-refractivity contribution in [3.05, 3.63) is 60.3 Å². The van der Waals surface area contributed by atoms with Crippen LogP contribution in [0.4, 0.5) is 0 Å². The smallest absolute Gasteiger partial charge is 0.253 e. The van der Waals surface area contributed by atoms with Crippen molar-refractivity contribution < 1.29 is 9.53 Å². The third kappa shape index (κ3) is 3.25. The van der Waals surface area contributed by atoms with Gasteiger partial charge < -0.3 is 10.1 Å². The Morgan fingerprint density at radius 1 is 1.14 bits per heavy atom. The summed E-state index contributed by atoms with van der Waals surface area (Å²) in [5.41, 5.74) is 1.37. The van der Waals surface area contributed by atoms with E-state index in [9.17, 15) is 4.79 Å². The van der Waals surface area contributed by atoms with E-state index in [1.165, 1.54) is 0 Å². The Hall–Kier alpha value is -2.82. The van der Waals surface area contributed by atoms with Crippen molar-refractivity contribution in [3.8, 4) is 5.75 Å². The van der Waals surface area contributed by atoms with E-state index in [0.29, 0.717) is 18.7 Å².